The monoisotopic (exact) mass is 444 g/mol. The highest BCUT2D eigenvalue weighted by Crippen LogP contribution is 2.40. The molecule has 1 saturated heterocycles. The summed E-state index contributed by atoms with van der Waals surface area (Å²) < 4.78 is 5.21. The molecule has 1 unspecified atom stereocenters. The summed E-state index contributed by atoms with van der Waals surface area (Å²) in [5.74, 6) is -1.33. The maximum atomic E-state index is 13.1. The molecule has 0 bridgehead atoms. The lowest BCUT2D eigenvalue weighted by Gasteiger charge is -2.25. The summed E-state index contributed by atoms with van der Waals surface area (Å²) in [5, 5.41) is 22.0. The number of non-ortho nitro benzene ring substituents is 1. The van der Waals surface area contributed by atoms with Crippen molar-refractivity contribution in [3.63, 3.8) is 0 Å². The zero-order valence-electron chi connectivity index (χ0n) is 17.7. The molecule has 1 amide bonds. The van der Waals surface area contributed by atoms with Crippen LogP contribution in [0.25, 0.3) is 5.76 Å². The number of nitro groups is 1. The Morgan fingerprint density at radius 2 is 1.64 bits per heavy atom. The van der Waals surface area contributed by atoms with E-state index in [9.17, 15) is 24.8 Å². The second-order valence-electron chi connectivity index (χ2n) is 7.49. The van der Waals surface area contributed by atoms with E-state index in [1.165, 1.54) is 36.3 Å². The molecule has 0 aromatic heterocycles. The maximum absolute atomic E-state index is 13.1. The van der Waals surface area contributed by atoms with Gasteiger partial charge in [0.25, 0.3) is 17.4 Å². The van der Waals surface area contributed by atoms with E-state index in [0.717, 1.165) is 5.56 Å². The summed E-state index contributed by atoms with van der Waals surface area (Å²) in [5.41, 5.74) is 1.43. The van der Waals surface area contributed by atoms with E-state index in [0.29, 0.717) is 11.3 Å². The Morgan fingerprint density at radius 3 is 2.21 bits per heavy atom. The van der Waals surface area contributed by atoms with Crippen molar-refractivity contribution in [3.05, 3.63) is 111 Å². The molecule has 3 aromatic carbocycles. The molecule has 8 heteroatoms. The lowest BCUT2D eigenvalue weighted by molar-refractivity contribution is -0.384. The van der Waals surface area contributed by atoms with Gasteiger partial charge in [0.1, 0.15) is 11.5 Å². The van der Waals surface area contributed by atoms with Gasteiger partial charge in [0.2, 0.25) is 0 Å². The smallest absolute Gasteiger partial charge is 0.295 e. The molecule has 0 saturated carbocycles. The molecule has 1 N–H and O–H groups in total. The molecule has 1 heterocycles. The number of aliphatic hydroxyl groups excluding tert-OH is 1. The summed E-state index contributed by atoms with van der Waals surface area (Å²) in [6.07, 6.45) is 0. The van der Waals surface area contributed by atoms with Gasteiger partial charge in [-0.25, -0.2) is 0 Å². The van der Waals surface area contributed by atoms with Crippen molar-refractivity contribution in [1.29, 1.82) is 0 Å². The fourth-order valence-electron chi connectivity index (χ4n) is 3.85. The van der Waals surface area contributed by atoms with Crippen molar-refractivity contribution in [2.45, 2.75) is 12.6 Å². The third-order valence-electron chi connectivity index (χ3n) is 5.52. The average Bonchev–Trinajstić information content (AvgIpc) is 3.09. The predicted octanol–water partition coefficient (Wildman–Crippen LogP) is 4.23. The van der Waals surface area contributed by atoms with E-state index in [1.54, 1.807) is 24.3 Å². The van der Waals surface area contributed by atoms with Gasteiger partial charge in [0, 0.05) is 24.2 Å². The largest absolute Gasteiger partial charge is 0.507 e. The fourth-order valence-corrected chi connectivity index (χ4v) is 3.85. The molecule has 33 heavy (non-hydrogen) atoms. The second kappa shape index (κ2) is 8.96. The Hall–Kier alpha value is -4.46. The Labute approximate surface area is 189 Å². The van der Waals surface area contributed by atoms with Crippen LogP contribution in [0.5, 0.6) is 5.75 Å². The number of nitrogens with zero attached hydrogens (tertiary/aromatic N) is 2. The molecule has 1 aliphatic heterocycles. The van der Waals surface area contributed by atoms with Crippen LogP contribution in [-0.4, -0.2) is 33.7 Å². The van der Waals surface area contributed by atoms with Crippen LogP contribution in [0.15, 0.2) is 84.4 Å². The van der Waals surface area contributed by atoms with Gasteiger partial charge in [-0.2, -0.15) is 0 Å². The molecule has 166 valence electrons. The number of aliphatic hydroxyl groups is 1. The summed E-state index contributed by atoms with van der Waals surface area (Å²) in [6, 6.07) is 20.4. The molecule has 1 aliphatic rings. The number of rotatable bonds is 6. The molecule has 1 fully saturated rings. The number of amides is 1. The number of benzene rings is 3. The highest BCUT2D eigenvalue weighted by atomic mass is 16.6. The standard InChI is InChI=1S/C25H20N2O6/c1-33-20-13-9-17(10-14-20)22-21(23(28)18-7-11-19(12-8-18)27(31)32)24(29)25(30)26(22)15-16-5-3-2-4-6-16/h2-14,22,28H,15H2,1H3. The van der Waals surface area contributed by atoms with E-state index < -0.39 is 22.7 Å². The number of likely N-dealkylation sites (tertiary alicyclic amines) is 1. The number of carbonyl (C=O) groups excluding carboxylic acids is 2. The first-order chi connectivity index (χ1) is 15.9. The first-order valence-corrected chi connectivity index (χ1v) is 10.1. The SMILES string of the molecule is COc1ccc(C2C(=C(O)c3ccc([N+](=O)[O-])cc3)C(=O)C(=O)N2Cc2ccccc2)cc1. The van der Waals surface area contributed by atoms with E-state index in [-0.39, 0.29) is 29.1 Å². The zero-order chi connectivity index (χ0) is 23.5. The number of nitro benzene ring substituents is 1. The Kier molecular flexibility index (Phi) is 5.91. The van der Waals surface area contributed by atoms with Gasteiger partial charge in [0.05, 0.1) is 23.6 Å². The first-order valence-electron chi connectivity index (χ1n) is 10.1. The van der Waals surface area contributed by atoms with Gasteiger partial charge in [0.15, 0.2) is 0 Å². The average molecular weight is 444 g/mol. The van der Waals surface area contributed by atoms with Gasteiger partial charge in [-0.15, -0.1) is 0 Å². The second-order valence-corrected chi connectivity index (χ2v) is 7.49. The van der Waals surface area contributed by atoms with Gasteiger partial charge in [-0.1, -0.05) is 42.5 Å². The van der Waals surface area contributed by atoms with Gasteiger partial charge >= 0.3 is 0 Å². The molecular formula is C25H20N2O6. The van der Waals surface area contributed by atoms with Crippen molar-refractivity contribution in [2.75, 3.05) is 7.11 Å². The highest BCUT2D eigenvalue weighted by molar-refractivity contribution is 6.46. The molecule has 0 spiro atoms. The van der Waals surface area contributed by atoms with E-state index in [1.807, 2.05) is 30.3 Å². The van der Waals surface area contributed by atoms with Crippen LogP contribution in [0.1, 0.15) is 22.7 Å². The highest BCUT2D eigenvalue weighted by Gasteiger charge is 2.46. The van der Waals surface area contributed by atoms with Crippen LogP contribution < -0.4 is 4.74 Å². The van der Waals surface area contributed by atoms with Crippen molar-refractivity contribution in [2.24, 2.45) is 0 Å². The number of hydrogen-bond donors (Lipinski definition) is 1. The third-order valence-corrected chi connectivity index (χ3v) is 5.52. The number of Topliss-reactive ketones (excluding diaryl/α,β-unsaturated/α-hetero) is 1. The van der Waals surface area contributed by atoms with Crippen molar-refractivity contribution >= 4 is 23.1 Å². The van der Waals surface area contributed by atoms with Crippen molar-refractivity contribution < 1.29 is 24.4 Å². The van der Waals surface area contributed by atoms with Crippen LogP contribution in [0.3, 0.4) is 0 Å². The summed E-state index contributed by atoms with van der Waals surface area (Å²) in [4.78, 5) is 37.9. The molecule has 0 aliphatic carbocycles. The maximum Gasteiger partial charge on any atom is 0.295 e. The lowest BCUT2D eigenvalue weighted by Crippen LogP contribution is -2.29. The van der Waals surface area contributed by atoms with Gasteiger partial charge in [-0.05, 0) is 35.4 Å². The summed E-state index contributed by atoms with van der Waals surface area (Å²) in [6.45, 7) is 0.166. The van der Waals surface area contributed by atoms with Crippen LogP contribution in [0, 0.1) is 10.1 Å². The van der Waals surface area contributed by atoms with Gasteiger partial charge < -0.3 is 14.7 Å². The van der Waals surface area contributed by atoms with Crippen LogP contribution in [0.4, 0.5) is 5.69 Å². The number of ketones is 1. The summed E-state index contributed by atoms with van der Waals surface area (Å²) in [7, 11) is 1.53. The number of ether oxygens (including phenoxy) is 1. The lowest BCUT2D eigenvalue weighted by atomic mass is 9.95. The number of carbonyl (C=O) groups is 2. The minimum atomic E-state index is -0.841. The van der Waals surface area contributed by atoms with Crippen molar-refractivity contribution in [3.8, 4) is 5.75 Å². The van der Waals surface area contributed by atoms with Crippen molar-refractivity contribution in [1.82, 2.24) is 4.90 Å². The van der Waals surface area contributed by atoms with E-state index in [2.05, 4.69) is 0 Å². The fraction of sp³-hybridized carbons (Fsp3) is 0.120. The molecule has 1 atom stereocenters. The third kappa shape index (κ3) is 4.18. The predicted molar refractivity (Wildman–Crippen MR) is 120 cm³/mol. The van der Waals surface area contributed by atoms with Crippen LogP contribution >= 0.6 is 0 Å². The van der Waals surface area contributed by atoms with Gasteiger partial charge in [-0.3, -0.25) is 19.7 Å². The minimum absolute atomic E-state index is 0.0741. The topological polar surface area (TPSA) is 110 Å². The Bertz CT molecular complexity index is 1230. The minimum Gasteiger partial charge on any atom is -0.507 e. The first kappa shape index (κ1) is 21.8. The number of methoxy groups -OCH3 is 1. The van der Waals surface area contributed by atoms with Crippen LogP contribution in [-0.2, 0) is 16.1 Å². The summed E-state index contributed by atoms with van der Waals surface area (Å²) >= 11 is 0. The van der Waals surface area contributed by atoms with E-state index in [4.69, 9.17) is 4.74 Å². The zero-order valence-corrected chi connectivity index (χ0v) is 17.7. The van der Waals surface area contributed by atoms with Crippen LogP contribution in [0.2, 0.25) is 0 Å². The Morgan fingerprint density at radius 1 is 1.00 bits per heavy atom. The molecule has 8 nitrogen and oxygen atoms in total. The Balaban J connectivity index is 1.83. The molecule has 3 aromatic rings. The molecule has 0 radical (unpaired) electrons. The number of hydrogen-bond acceptors (Lipinski definition) is 6. The quantitative estimate of drug-likeness (QED) is 0.200. The molecular weight excluding hydrogens is 424 g/mol. The molecule has 4 rings (SSSR count). The van der Waals surface area contributed by atoms with E-state index >= 15 is 0 Å². The normalized spacial score (nSPS) is 17.2.